The number of hydrogen-bond acceptors (Lipinski definition) is 3. The molecule has 1 amide bonds. The van der Waals surface area contributed by atoms with E-state index in [1.165, 1.54) is 31.2 Å². The van der Waals surface area contributed by atoms with E-state index in [4.69, 9.17) is 0 Å². The molecule has 1 aromatic heterocycles. The summed E-state index contributed by atoms with van der Waals surface area (Å²) in [5, 5.41) is 3.16. The molecular formula is C24H28N4O. The van der Waals surface area contributed by atoms with Crippen LogP contribution in [0.15, 0.2) is 67.3 Å². The quantitative estimate of drug-likeness (QED) is 0.673. The second-order valence-electron chi connectivity index (χ2n) is 7.69. The summed E-state index contributed by atoms with van der Waals surface area (Å²) in [6.07, 6.45) is 10.6. The maximum Gasteiger partial charge on any atom is 0.256 e. The molecule has 2 heterocycles. The number of likely N-dealkylation sites (tertiary alicyclic amines) is 1. The minimum atomic E-state index is -0.0657. The Morgan fingerprint density at radius 1 is 0.897 bits per heavy atom. The van der Waals surface area contributed by atoms with Crippen LogP contribution in [0.3, 0.4) is 0 Å². The molecule has 1 fully saturated rings. The largest absolute Gasteiger partial charge is 0.333 e. The molecule has 0 bridgehead atoms. The van der Waals surface area contributed by atoms with E-state index in [0.29, 0.717) is 12.1 Å². The maximum atomic E-state index is 13.1. The molecule has 3 aromatic rings. The molecule has 0 saturated carbocycles. The number of rotatable bonds is 6. The minimum absolute atomic E-state index is 0.0657. The number of benzene rings is 2. The normalized spacial score (nSPS) is 15.0. The predicted octanol–water partition coefficient (Wildman–Crippen LogP) is 4.56. The Kier molecular flexibility index (Phi) is 6.37. The fourth-order valence-electron chi connectivity index (χ4n) is 3.96. The van der Waals surface area contributed by atoms with Gasteiger partial charge in [-0.1, -0.05) is 49.2 Å². The Morgan fingerprint density at radius 2 is 1.62 bits per heavy atom. The fraction of sp³-hybridized carbons (Fsp3) is 0.333. The third kappa shape index (κ3) is 5.12. The first-order valence-electron chi connectivity index (χ1n) is 10.4. The Morgan fingerprint density at radius 3 is 2.38 bits per heavy atom. The Balaban J connectivity index is 1.50. The lowest BCUT2D eigenvalue weighted by Crippen LogP contribution is -2.25. The van der Waals surface area contributed by atoms with Crippen molar-refractivity contribution in [1.82, 2.24) is 14.5 Å². The van der Waals surface area contributed by atoms with Crippen LogP contribution in [0.5, 0.6) is 0 Å². The molecular weight excluding hydrogens is 360 g/mol. The summed E-state index contributed by atoms with van der Waals surface area (Å²) in [6.45, 7) is 3.78. The first kappa shape index (κ1) is 19.4. The number of anilines is 1. The predicted molar refractivity (Wildman–Crippen MR) is 116 cm³/mol. The third-order valence-corrected chi connectivity index (χ3v) is 5.53. The van der Waals surface area contributed by atoms with Crippen LogP contribution in [0.4, 0.5) is 5.69 Å². The molecule has 0 spiro atoms. The van der Waals surface area contributed by atoms with Crippen LogP contribution in [0.25, 0.3) is 0 Å². The Hall–Kier alpha value is -2.92. The highest BCUT2D eigenvalue weighted by molar-refractivity contribution is 6.05. The summed E-state index contributed by atoms with van der Waals surface area (Å²) in [5.74, 6) is -0.0657. The van der Waals surface area contributed by atoms with Gasteiger partial charge in [0.2, 0.25) is 0 Å². The Labute approximate surface area is 172 Å². The van der Waals surface area contributed by atoms with Crippen LogP contribution in [0.1, 0.15) is 47.2 Å². The first-order valence-corrected chi connectivity index (χ1v) is 10.4. The van der Waals surface area contributed by atoms with Crippen LogP contribution in [-0.2, 0) is 13.1 Å². The minimum Gasteiger partial charge on any atom is -0.333 e. The summed E-state index contributed by atoms with van der Waals surface area (Å²) < 4.78 is 1.97. The van der Waals surface area contributed by atoms with E-state index in [1.54, 1.807) is 12.5 Å². The number of amides is 1. The van der Waals surface area contributed by atoms with E-state index in [0.717, 1.165) is 30.9 Å². The molecule has 1 aliphatic rings. The highest BCUT2D eigenvalue weighted by Gasteiger charge is 2.15. The number of carbonyl (C=O) groups excluding carboxylic acids is 1. The van der Waals surface area contributed by atoms with Crippen molar-refractivity contribution in [3.8, 4) is 0 Å². The van der Waals surface area contributed by atoms with Gasteiger partial charge in [0.15, 0.2) is 0 Å². The second kappa shape index (κ2) is 9.52. The molecule has 150 valence electrons. The lowest BCUT2D eigenvalue weighted by molar-refractivity contribution is 0.102. The van der Waals surface area contributed by atoms with Crippen molar-refractivity contribution < 1.29 is 4.79 Å². The Bertz CT molecular complexity index is 928. The number of imidazole rings is 1. The van der Waals surface area contributed by atoms with E-state index < -0.39 is 0 Å². The van der Waals surface area contributed by atoms with Crippen molar-refractivity contribution in [3.05, 3.63) is 83.9 Å². The fourth-order valence-corrected chi connectivity index (χ4v) is 3.96. The molecule has 0 unspecified atom stereocenters. The summed E-state index contributed by atoms with van der Waals surface area (Å²) in [5.41, 5.74) is 3.76. The van der Waals surface area contributed by atoms with Gasteiger partial charge in [-0.25, -0.2) is 4.98 Å². The van der Waals surface area contributed by atoms with Crippen LogP contribution in [0, 0.1) is 0 Å². The molecule has 2 aromatic carbocycles. The topological polar surface area (TPSA) is 50.2 Å². The van der Waals surface area contributed by atoms with Gasteiger partial charge in [-0.2, -0.15) is 0 Å². The van der Waals surface area contributed by atoms with Crippen LogP contribution in [-0.4, -0.2) is 33.4 Å². The number of nitrogens with zero attached hydrogens (tertiary/aromatic N) is 3. The first-order chi connectivity index (χ1) is 14.3. The van der Waals surface area contributed by atoms with Gasteiger partial charge in [-0.15, -0.1) is 0 Å². The highest BCUT2D eigenvalue weighted by Crippen LogP contribution is 2.21. The number of aromatic nitrogens is 2. The van der Waals surface area contributed by atoms with Gasteiger partial charge in [-0.05, 0) is 49.2 Å². The monoisotopic (exact) mass is 388 g/mol. The standard InChI is InChI=1S/C24H28N4O/c29-24(22-11-5-3-9-20(22)17-28-16-13-25-19-28)26-23-12-6-4-10-21(23)18-27-14-7-1-2-8-15-27/h3-6,9-13,16,19H,1-2,7-8,14-15,17-18H2,(H,26,29). The molecule has 4 rings (SSSR count). The number of para-hydroxylation sites is 1. The van der Waals surface area contributed by atoms with E-state index in [9.17, 15) is 4.79 Å². The molecule has 0 radical (unpaired) electrons. The number of nitrogens with one attached hydrogen (secondary N) is 1. The SMILES string of the molecule is O=C(Nc1ccccc1CN1CCCCCC1)c1ccccc1Cn1ccnc1. The van der Waals surface area contributed by atoms with E-state index in [2.05, 4.69) is 27.3 Å². The number of hydrogen-bond donors (Lipinski definition) is 1. The van der Waals surface area contributed by atoms with E-state index in [1.807, 2.05) is 47.2 Å². The van der Waals surface area contributed by atoms with Gasteiger partial charge in [0.05, 0.1) is 6.33 Å². The van der Waals surface area contributed by atoms with Gasteiger partial charge in [0, 0.05) is 36.7 Å². The van der Waals surface area contributed by atoms with Crippen molar-refractivity contribution in [1.29, 1.82) is 0 Å². The molecule has 1 saturated heterocycles. The van der Waals surface area contributed by atoms with Gasteiger partial charge in [0.1, 0.15) is 0 Å². The molecule has 1 N–H and O–H groups in total. The molecule has 0 atom stereocenters. The lowest BCUT2D eigenvalue weighted by Gasteiger charge is -2.22. The van der Waals surface area contributed by atoms with Crippen molar-refractivity contribution in [2.75, 3.05) is 18.4 Å². The second-order valence-corrected chi connectivity index (χ2v) is 7.69. The third-order valence-electron chi connectivity index (χ3n) is 5.53. The van der Waals surface area contributed by atoms with Crippen molar-refractivity contribution in [2.45, 2.75) is 38.8 Å². The van der Waals surface area contributed by atoms with Crippen LogP contribution >= 0.6 is 0 Å². The highest BCUT2D eigenvalue weighted by atomic mass is 16.1. The van der Waals surface area contributed by atoms with Crippen molar-refractivity contribution in [3.63, 3.8) is 0 Å². The van der Waals surface area contributed by atoms with E-state index in [-0.39, 0.29) is 5.91 Å². The zero-order valence-corrected chi connectivity index (χ0v) is 16.8. The maximum absolute atomic E-state index is 13.1. The van der Waals surface area contributed by atoms with Crippen molar-refractivity contribution in [2.24, 2.45) is 0 Å². The van der Waals surface area contributed by atoms with E-state index >= 15 is 0 Å². The summed E-state index contributed by atoms with van der Waals surface area (Å²) >= 11 is 0. The van der Waals surface area contributed by atoms with Gasteiger partial charge < -0.3 is 9.88 Å². The summed E-state index contributed by atoms with van der Waals surface area (Å²) in [6, 6.07) is 15.9. The average Bonchev–Trinajstić information content (AvgIpc) is 3.12. The molecule has 5 heteroatoms. The van der Waals surface area contributed by atoms with Gasteiger partial charge in [0.25, 0.3) is 5.91 Å². The molecule has 1 aliphatic heterocycles. The lowest BCUT2D eigenvalue weighted by atomic mass is 10.1. The molecule has 29 heavy (non-hydrogen) atoms. The smallest absolute Gasteiger partial charge is 0.256 e. The zero-order chi connectivity index (χ0) is 19.9. The molecule has 5 nitrogen and oxygen atoms in total. The number of carbonyl (C=O) groups is 1. The van der Waals surface area contributed by atoms with Crippen molar-refractivity contribution >= 4 is 11.6 Å². The summed E-state index contributed by atoms with van der Waals surface area (Å²) in [4.78, 5) is 19.7. The zero-order valence-electron chi connectivity index (χ0n) is 16.8. The van der Waals surface area contributed by atoms with Gasteiger partial charge in [-0.3, -0.25) is 9.69 Å². The molecule has 0 aliphatic carbocycles. The van der Waals surface area contributed by atoms with Crippen LogP contribution < -0.4 is 5.32 Å². The van der Waals surface area contributed by atoms with Gasteiger partial charge >= 0.3 is 0 Å². The average molecular weight is 389 g/mol. The van der Waals surface area contributed by atoms with Crippen LogP contribution in [0.2, 0.25) is 0 Å². The summed E-state index contributed by atoms with van der Waals surface area (Å²) in [7, 11) is 0.